The number of aryl methyl sites for hydroxylation is 1. The first-order valence-electron chi connectivity index (χ1n) is 18.9. The molecule has 1 aliphatic heterocycles. The second-order valence-corrected chi connectivity index (χ2v) is 17.0. The van der Waals surface area contributed by atoms with Crippen LogP contribution in [0.2, 0.25) is 0 Å². The highest BCUT2D eigenvalue weighted by Crippen LogP contribution is 2.43. The minimum Gasteiger partial charge on any atom is -0.391 e. The van der Waals surface area contributed by atoms with Gasteiger partial charge in [0.2, 0.25) is 23.6 Å². The van der Waals surface area contributed by atoms with Crippen molar-refractivity contribution in [3.8, 4) is 10.4 Å². The molecule has 1 saturated heterocycles. The van der Waals surface area contributed by atoms with Gasteiger partial charge in [-0.15, -0.1) is 23.7 Å². The highest BCUT2D eigenvalue weighted by molar-refractivity contribution is 7.13. The second-order valence-electron chi connectivity index (χ2n) is 16.1. The second kappa shape index (κ2) is 19.3. The minimum absolute atomic E-state index is 0. The maximum atomic E-state index is 14.0. The van der Waals surface area contributed by atoms with Gasteiger partial charge in [-0.25, -0.2) is 4.98 Å². The molecule has 5 atom stereocenters. The van der Waals surface area contributed by atoms with Crippen molar-refractivity contribution in [2.24, 2.45) is 22.8 Å². The van der Waals surface area contributed by atoms with Crippen molar-refractivity contribution in [2.45, 2.75) is 123 Å². The Hall–Kier alpha value is -3.88. The van der Waals surface area contributed by atoms with Gasteiger partial charge in [-0.2, -0.15) is 0 Å². The SMILES string of the molecule is Cc1ncsc1-c1ccc(CNC(=O)[C@@H]2C[C@@H](O)CN2C(=O)[C@@H](NC(=O)CC2CC(c3ccc(CO[C@H](C)[C@@H](N)CCC(N)=O)cc3)C2)C(C)(C)C)cc1.Cl. The quantitative estimate of drug-likeness (QED) is 0.138. The van der Waals surface area contributed by atoms with Crippen molar-refractivity contribution >= 4 is 47.4 Å². The number of aliphatic hydroxyl groups excluding tert-OH is 1. The lowest BCUT2D eigenvalue weighted by molar-refractivity contribution is -0.144. The standard InChI is InChI=1S/C41H56N6O6S.ClH/c1-24-37(54-23-45-24)30-12-6-26(7-13-30)20-44-39(51)34-19-32(48)21-47(34)40(52)38(41(3,4)5)46-36(50)18-28-16-31(17-28)29-10-8-27(9-11-29)22-53-25(2)33(42)14-15-35(43)49;/h6-13,23,25,28,31-34,38,48H,14-22,42H2,1-5H3,(H2,43,49)(H,44,51)(H,46,50);1H/t25-,28?,31?,32-,33+,34+,38-;/m1./s1. The van der Waals surface area contributed by atoms with Crippen LogP contribution in [0.1, 0.15) is 94.5 Å². The zero-order valence-electron chi connectivity index (χ0n) is 32.5. The molecule has 4 amide bonds. The summed E-state index contributed by atoms with van der Waals surface area (Å²) < 4.78 is 5.91. The zero-order chi connectivity index (χ0) is 39.2. The zero-order valence-corrected chi connectivity index (χ0v) is 34.1. The largest absolute Gasteiger partial charge is 0.391 e. The number of aliphatic hydroxyl groups is 1. The molecule has 1 aromatic heterocycles. The normalized spacial score (nSPS) is 21.1. The average Bonchev–Trinajstić information content (AvgIpc) is 3.73. The van der Waals surface area contributed by atoms with E-state index in [-0.39, 0.29) is 80.0 Å². The molecule has 55 heavy (non-hydrogen) atoms. The van der Waals surface area contributed by atoms with Gasteiger partial charge in [0.25, 0.3) is 0 Å². The van der Waals surface area contributed by atoms with E-state index in [1.54, 1.807) is 11.3 Å². The Morgan fingerprint density at radius 3 is 2.29 bits per heavy atom. The van der Waals surface area contributed by atoms with Gasteiger partial charge in [0, 0.05) is 38.4 Å². The molecule has 2 aromatic carbocycles. The number of nitrogens with one attached hydrogen (secondary N) is 2. The number of hydrogen-bond donors (Lipinski definition) is 5. The number of carbonyl (C=O) groups excluding carboxylic acids is 4. The summed E-state index contributed by atoms with van der Waals surface area (Å²) in [6.45, 7) is 10.3. The number of likely N-dealkylation sites (tertiary alicyclic amines) is 1. The van der Waals surface area contributed by atoms with Crippen LogP contribution in [0.15, 0.2) is 54.0 Å². The van der Waals surface area contributed by atoms with Crippen LogP contribution >= 0.6 is 23.7 Å². The van der Waals surface area contributed by atoms with Crippen LogP contribution in [0.3, 0.4) is 0 Å². The van der Waals surface area contributed by atoms with Gasteiger partial charge in [0.15, 0.2) is 0 Å². The lowest BCUT2D eigenvalue weighted by Crippen LogP contribution is -2.58. The monoisotopic (exact) mass is 796 g/mol. The van der Waals surface area contributed by atoms with E-state index in [9.17, 15) is 24.3 Å². The molecule has 3 aromatic rings. The van der Waals surface area contributed by atoms with Crippen molar-refractivity contribution in [1.82, 2.24) is 20.5 Å². The van der Waals surface area contributed by atoms with Crippen LogP contribution in [0.4, 0.5) is 0 Å². The lowest BCUT2D eigenvalue weighted by atomic mass is 9.70. The predicted octanol–water partition coefficient (Wildman–Crippen LogP) is 4.73. The van der Waals surface area contributed by atoms with E-state index in [2.05, 4.69) is 27.8 Å². The van der Waals surface area contributed by atoms with E-state index < -0.39 is 23.6 Å². The topological polar surface area (TPSA) is 190 Å². The van der Waals surface area contributed by atoms with Crippen LogP contribution in [-0.2, 0) is 37.1 Å². The Kier molecular flexibility index (Phi) is 15.4. The summed E-state index contributed by atoms with van der Waals surface area (Å²) in [5, 5.41) is 16.5. The number of hydrogen-bond acceptors (Lipinski definition) is 9. The molecular weight excluding hydrogens is 740 g/mol. The molecule has 300 valence electrons. The number of aromatic nitrogens is 1. The summed E-state index contributed by atoms with van der Waals surface area (Å²) in [5.41, 5.74) is 17.7. The Morgan fingerprint density at radius 1 is 1.04 bits per heavy atom. The molecular formula is C41H57ClN6O6S. The smallest absolute Gasteiger partial charge is 0.246 e. The highest BCUT2D eigenvalue weighted by Gasteiger charge is 2.45. The van der Waals surface area contributed by atoms with Crippen molar-refractivity contribution in [3.63, 3.8) is 0 Å². The predicted molar refractivity (Wildman–Crippen MR) is 216 cm³/mol. The fraction of sp³-hybridized carbons (Fsp3) is 0.537. The Labute approximate surface area is 334 Å². The third-order valence-corrected chi connectivity index (χ3v) is 11.7. The van der Waals surface area contributed by atoms with Crippen LogP contribution in [0.25, 0.3) is 10.4 Å². The van der Waals surface area contributed by atoms with E-state index in [0.717, 1.165) is 40.1 Å². The summed E-state index contributed by atoms with van der Waals surface area (Å²) >= 11 is 1.58. The molecule has 1 aliphatic carbocycles. The molecule has 2 fully saturated rings. The summed E-state index contributed by atoms with van der Waals surface area (Å²) in [6.07, 6.45) is 1.86. The number of thiazole rings is 1. The molecule has 12 nitrogen and oxygen atoms in total. The fourth-order valence-corrected chi connectivity index (χ4v) is 8.03. The Bertz CT molecular complexity index is 1760. The van der Waals surface area contributed by atoms with Crippen molar-refractivity contribution < 1.29 is 29.0 Å². The number of ether oxygens (including phenoxy) is 1. The summed E-state index contributed by atoms with van der Waals surface area (Å²) in [5.74, 6) is -0.718. The molecule has 7 N–H and O–H groups in total. The summed E-state index contributed by atoms with van der Waals surface area (Å²) in [7, 11) is 0. The van der Waals surface area contributed by atoms with Gasteiger partial charge in [0.05, 0.1) is 34.9 Å². The molecule has 0 spiro atoms. The fourth-order valence-electron chi connectivity index (χ4n) is 7.22. The van der Waals surface area contributed by atoms with E-state index in [1.807, 2.05) is 76.5 Å². The molecule has 14 heteroatoms. The van der Waals surface area contributed by atoms with Crippen LogP contribution in [0, 0.1) is 18.3 Å². The average molecular weight is 797 g/mol. The van der Waals surface area contributed by atoms with Crippen molar-refractivity contribution in [2.75, 3.05) is 6.54 Å². The lowest BCUT2D eigenvalue weighted by Gasteiger charge is -2.38. The molecule has 0 bridgehead atoms. The number of nitrogens with zero attached hydrogens (tertiary/aromatic N) is 2. The van der Waals surface area contributed by atoms with Crippen LogP contribution < -0.4 is 22.1 Å². The third-order valence-electron chi connectivity index (χ3n) is 10.7. The molecule has 5 rings (SSSR count). The Morgan fingerprint density at radius 2 is 1.69 bits per heavy atom. The molecule has 1 saturated carbocycles. The highest BCUT2D eigenvalue weighted by atomic mass is 35.5. The number of β-amino-alcohol motifs (C(OH)–C–C–N with tert-alkyl or cyclic N) is 1. The summed E-state index contributed by atoms with van der Waals surface area (Å²) in [4.78, 5) is 58.7. The molecule has 2 heterocycles. The number of primary amides is 1. The van der Waals surface area contributed by atoms with Crippen molar-refractivity contribution in [1.29, 1.82) is 0 Å². The van der Waals surface area contributed by atoms with E-state index >= 15 is 0 Å². The maximum absolute atomic E-state index is 14.0. The first-order chi connectivity index (χ1) is 25.6. The number of rotatable bonds is 16. The number of nitrogens with two attached hydrogens (primary N) is 2. The van der Waals surface area contributed by atoms with Gasteiger partial charge >= 0.3 is 0 Å². The van der Waals surface area contributed by atoms with Crippen LogP contribution in [-0.4, -0.2) is 75.5 Å². The molecule has 0 radical (unpaired) electrons. The minimum atomic E-state index is -0.862. The van der Waals surface area contributed by atoms with Gasteiger partial charge in [-0.05, 0) is 72.6 Å². The van der Waals surface area contributed by atoms with E-state index in [1.165, 1.54) is 10.5 Å². The first-order valence-corrected chi connectivity index (χ1v) is 19.8. The number of carbonyl (C=O) groups is 4. The van der Waals surface area contributed by atoms with Gasteiger partial charge in [0.1, 0.15) is 12.1 Å². The summed E-state index contributed by atoms with van der Waals surface area (Å²) in [6, 6.07) is 14.2. The molecule has 0 unspecified atom stereocenters. The number of benzene rings is 2. The van der Waals surface area contributed by atoms with Gasteiger partial charge < -0.3 is 36.8 Å². The molecule has 2 aliphatic rings. The van der Waals surface area contributed by atoms with Gasteiger partial charge in [-0.1, -0.05) is 69.3 Å². The van der Waals surface area contributed by atoms with Gasteiger partial charge in [-0.3, -0.25) is 19.2 Å². The number of halogens is 1. The van der Waals surface area contributed by atoms with Crippen LogP contribution in [0.5, 0.6) is 0 Å². The number of amides is 4. The first kappa shape index (κ1) is 43.8. The van der Waals surface area contributed by atoms with E-state index in [4.69, 9.17) is 16.2 Å². The third kappa shape index (κ3) is 11.8. The van der Waals surface area contributed by atoms with E-state index in [0.29, 0.717) is 25.4 Å². The Balaban J connectivity index is 0.00000673. The maximum Gasteiger partial charge on any atom is 0.246 e. The van der Waals surface area contributed by atoms with Crippen molar-refractivity contribution in [3.05, 3.63) is 76.4 Å².